The summed E-state index contributed by atoms with van der Waals surface area (Å²) in [6, 6.07) is 11.0. The lowest BCUT2D eigenvalue weighted by atomic mass is 10.1. The average Bonchev–Trinajstić information content (AvgIpc) is 2.89. The van der Waals surface area contributed by atoms with Gasteiger partial charge in [-0.3, -0.25) is 19.8 Å². The highest BCUT2D eigenvalue weighted by atomic mass is 35.5. The highest BCUT2D eigenvalue weighted by molar-refractivity contribution is 6.31. The standard InChI is InChI=1S/C19H18ClN3O3/c1-11-6-7-15(8-12(11)2)23-17(24)10-16(19(23)26)21-22-18(25)13-4-3-5-14(20)9-13/h3-9,16,21H,10H2,1-2H3,(H,22,25)/t16-/m1/s1. The molecule has 1 saturated heterocycles. The number of aryl methyl sites for hydroxylation is 2. The van der Waals surface area contributed by atoms with Crippen molar-refractivity contribution in [3.63, 3.8) is 0 Å². The fourth-order valence-corrected chi connectivity index (χ4v) is 2.93. The van der Waals surface area contributed by atoms with Crippen molar-refractivity contribution < 1.29 is 14.4 Å². The van der Waals surface area contributed by atoms with E-state index in [4.69, 9.17) is 11.6 Å². The fourth-order valence-electron chi connectivity index (χ4n) is 2.74. The number of nitrogens with zero attached hydrogens (tertiary/aromatic N) is 1. The number of benzene rings is 2. The third kappa shape index (κ3) is 3.61. The number of carbonyl (C=O) groups excluding carboxylic acids is 3. The lowest BCUT2D eigenvalue weighted by Crippen LogP contribution is -2.48. The average molecular weight is 372 g/mol. The Kier molecular flexibility index (Phi) is 5.06. The van der Waals surface area contributed by atoms with Crippen LogP contribution in [0, 0.1) is 13.8 Å². The minimum atomic E-state index is -0.813. The molecule has 0 spiro atoms. The Morgan fingerprint density at radius 2 is 1.88 bits per heavy atom. The smallest absolute Gasteiger partial charge is 0.265 e. The number of hydrogen-bond acceptors (Lipinski definition) is 4. The normalized spacial score (nSPS) is 16.9. The summed E-state index contributed by atoms with van der Waals surface area (Å²) in [6.07, 6.45) is -0.0262. The van der Waals surface area contributed by atoms with Gasteiger partial charge in [0, 0.05) is 10.6 Å². The molecule has 2 N–H and O–H groups in total. The number of rotatable bonds is 4. The SMILES string of the molecule is Cc1ccc(N2C(=O)C[C@@H](NNC(=O)c3cccc(Cl)c3)C2=O)cc1C. The van der Waals surface area contributed by atoms with Gasteiger partial charge in [0.2, 0.25) is 5.91 Å². The van der Waals surface area contributed by atoms with Crippen LogP contribution in [0.5, 0.6) is 0 Å². The molecule has 1 fully saturated rings. The van der Waals surface area contributed by atoms with Crippen LogP contribution in [0.4, 0.5) is 5.69 Å². The van der Waals surface area contributed by atoms with Crippen molar-refractivity contribution in [1.29, 1.82) is 0 Å². The number of carbonyl (C=O) groups is 3. The summed E-state index contributed by atoms with van der Waals surface area (Å²) in [5.41, 5.74) is 8.08. The monoisotopic (exact) mass is 371 g/mol. The van der Waals surface area contributed by atoms with Crippen LogP contribution in [-0.4, -0.2) is 23.8 Å². The Morgan fingerprint density at radius 3 is 2.58 bits per heavy atom. The zero-order valence-corrected chi connectivity index (χ0v) is 15.1. The van der Waals surface area contributed by atoms with Crippen LogP contribution in [0.3, 0.4) is 0 Å². The van der Waals surface area contributed by atoms with Crippen LogP contribution in [0.15, 0.2) is 42.5 Å². The number of amides is 3. The van der Waals surface area contributed by atoms with Gasteiger partial charge in [-0.2, -0.15) is 0 Å². The zero-order chi connectivity index (χ0) is 18.8. The van der Waals surface area contributed by atoms with Gasteiger partial charge in [-0.05, 0) is 55.3 Å². The van der Waals surface area contributed by atoms with Crippen LogP contribution in [0.2, 0.25) is 5.02 Å². The Labute approximate surface area is 156 Å². The second-order valence-corrected chi connectivity index (χ2v) is 6.64. The van der Waals surface area contributed by atoms with E-state index in [1.54, 1.807) is 30.3 Å². The van der Waals surface area contributed by atoms with Crippen LogP contribution >= 0.6 is 11.6 Å². The quantitative estimate of drug-likeness (QED) is 0.639. The summed E-state index contributed by atoms with van der Waals surface area (Å²) in [7, 11) is 0. The summed E-state index contributed by atoms with van der Waals surface area (Å²) in [6.45, 7) is 3.88. The summed E-state index contributed by atoms with van der Waals surface area (Å²) in [5.74, 6) is -1.14. The summed E-state index contributed by atoms with van der Waals surface area (Å²) in [5, 5.41) is 0.436. The van der Waals surface area contributed by atoms with E-state index in [0.717, 1.165) is 16.0 Å². The number of anilines is 1. The second kappa shape index (κ2) is 7.27. The van der Waals surface area contributed by atoms with Crippen LogP contribution in [0.1, 0.15) is 27.9 Å². The van der Waals surface area contributed by atoms with E-state index in [0.29, 0.717) is 16.3 Å². The predicted molar refractivity (Wildman–Crippen MR) is 98.9 cm³/mol. The van der Waals surface area contributed by atoms with Gasteiger partial charge in [0.15, 0.2) is 0 Å². The van der Waals surface area contributed by atoms with Crippen molar-refractivity contribution in [3.05, 3.63) is 64.2 Å². The first-order valence-electron chi connectivity index (χ1n) is 8.12. The molecule has 1 aliphatic rings. The Morgan fingerprint density at radius 1 is 1.12 bits per heavy atom. The molecule has 2 aromatic carbocycles. The van der Waals surface area contributed by atoms with Crippen molar-refractivity contribution >= 4 is 35.0 Å². The molecule has 3 rings (SSSR count). The van der Waals surface area contributed by atoms with E-state index in [1.807, 2.05) is 19.9 Å². The molecular weight excluding hydrogens is 354 g/mol. The fraction of sp³-hybridized carbons (Fsp3) is 0.211. The third-order valence-corrected chi connectivity index (χ3v) is 4.58. The molecule has 3 amide bonds. The van der Waals surface area contributed by atoms with Crippen molar-refractivity contribution in [3.8, 4) is 0 Å². The van der Waals surface area contributed by atoms with Gasteiger partial charge < -0.3 is 0 Å². The predicted octanol–water partition coefficient (Wildman–Crippen LogP) is 2.52. The molecule has 0 unspecified atom stereocenters. The molecule has 0 radical (unpaired) electrons. The Bertz CT molecular complexity index is 897. The van der Waals surface area contributed by atoms with Gasteiger partial charge in [-0.15, -0.1) is 0 Å². The molecule has 7 heteroatoms. The van der Waals surface area contributed by atoms with Gasteiger partial charge in [-0.25, -0.2) is 10.3 Å². The van der Waals surface area contributed by atoms with Gasteiger partial charge in [0.1, 0.15) is 6.04 Å². The number of imide groups is 1. The summed E-state index contributed by atoms with van der Waals surface area (Å²) >= 11 is 5.86. The summed E-state index contributed by atoms with van der Waals surface area (Å²) in [4.78, 5) is 38.2. The molecule has 0 aromatic heterocycles. The lowest BCUT2D eigenvalue weighted by Gasteiger charge is -2.17. The number of nitrogens with one attached hydrogen (secondary N) is 2. The molecule has 0 bridgehead atoms. The number of hydrazine groups is 1. The highest BCUT2D eigenvalue weighted by Crippen LogP contribution is 2.25. The molecular formula is C19H18ClN3O3. The third-order valence-electron chi connectivity index (χ3n) is 4.34. The van der Waals surface area contributed by atoms with E-state index in [1.165, 1.54) is 6.07 Å². The van der Waals surface area contributed by atoms with Gasteiger partial charge >= 0.3 is 0 Å². The van der Waals surface area contributed by atoms with Crippen molar-refractivity contribution in [1.82, 2.24) is 10.9 Å². The summed E-state index contributed by atoms with van der Waals surface area (Å²) < 4.78 is 0. The van der Waals surface area contributed by atoms with E-state index in [2.05, 4.69) is 10.9 Å². The van der Waals surface area contributed by atoms with Crippen LogP contribution < -0.4 is 15.8 Å². The van der Waals surface area contributed by atoms with Gasteiger partial charge in [0.25, 0.3) is 11.8 Å². The molecule has 134 valence electrons. The van der Waals surface area contributed by atoms with Crippen LogP contribution in [0.25, 0.3) is 0 Å². The maximum Gasteiger partial charge on any atom is 0.265 e. The second-order valence-electron chi connectivity index (χ2n) is 6.20. The maximum absolute atomic E-state index is 12.6. The van der Waals surface area contributed by atoms with E-state index < -0.39 is 17.9 Å². The van der Waals surface area contributed by atoms with Crippen molar-refractivity contribution in [2.24, 2.45) is 0 Å². The minimum absolute atomic E-state index is 0.0262. The van der Waals surface area contributed by atoms with E-state index in [9.17, 15) is 14.4 Å². The Hall–Kier alpha value is -2.70. The first-order valence-corrected chi connectivity index (χ1v) is 8.50. The van der Waals surface area contributed by atoms with Gasteiger partial charge in [0.05, 0.1) is 12.1 Å². The molecule has 1 aliphatic heterocycles. The van der Waals surface area contributed by atoms with Gasteiger partial charge in [-0.1, -0.05) is 23.7 Å². The molecule has 0 saturated carbocycles. The topological polar surface area (TPSA) is 78.5 Å². The maximum atomic E-state index is 12.6. The zero-order valence-electron chi connectivity index (χ0n) is 14.4. The highest BCUT2D eigenvalue weighted by Gasteiger charge is 2.39. The van der Waals surface area contributed by atoms with Crippen molar-refractivity contribution in [2.75, 3.05) is 4.90 Å². The molecule has 0 aliphatic carbocycles. The van der Waals surface area contributed by atoms with E-state index >= 15 is 0 Å². The van der Waals surface area contributed by atoms with Crippen molar-refractivity contribution in [2.45, 2.75) is 26.3 Å². The number of hydrogen-bond donors (Lipinski definition) is 2. The van der Waals surface area contributed by atoms with E-state index in [-0.39, 0.29) is 12.3 Å². The largest absolute Gasteiger partial charge is 0.287 e. The molecule has 1 atom stereocenters. The molecule has 6 nitrogen and oxygen atoms in total. The number of halogens is 1. The molecule has 2 aromatic rings. The minimum Gasteiger partial charge on any atom is -0.287 e. The lowest BCUT2D eigenvalue weighted by molar-refractivity contribution is -0.121. The molecule has 1 heterocycles. The first kappa shape index (κ1) is 18.1. The van der Waals surface area contributed by atoms with Crippen LogP contribution in [-0.2, 0) is 9.59 Å². The first-order chi connectivity index (χ1) is 12.4. The Balaban J connectivity index is 1.69. The molecule has 26 heavy (non-hydrogen) atoms.